The number of aryl methyl sites for hydroxylation is 1. The van der Waals surface area contributed by atoms with Crippen LogP contribution in [0.3, 0.4) is 0 Å². The Balaban J connectivity index is 2.04. The van der Waals surface area contributed by atoms with Crippen molar-refractivity contribution in [2.45, 2.75) is 19.6 Å². The van der Waals surface area contributed by atoms with Crippen molar-refractivity contribution in [2.24, 2.45) is 0 Å². The molecule has 1 aromatic carbocycles. The van der Waals surface area contributed by atoms with Crippen molar-refractivity contribution in [3.05, 3.63) is 53.0 Å². The fraction of sp³-hybridized carbons (Fsp3) is 0.214. The van der Waals surface area contributed by atoms with Crippen molar-refractivity contribution in [1.29, 1.82) is 0 Å². The average Bonchev–Trinajstić information content (AvgIpc) is 3.03. The minimum atomic E-state index is -0.825. The van der Waals surface area contributed by atoms with E-state index >= 15 is 0 Å². The van der Waals surface area contributed by atoms with E-state index in [9.17, 15) is 5.11 Å². The highest BCUT2D eigenvalue weighted by Crippen LogP contribution is 2.29. The van der Waals surface area contributed by atoms with Crippen molar-refractivity contribution in [3.63, 3.8) is 0 Å². The minimum Gasteiger partial charge on any atom is -0.458 e. The molecule has 3 aromatic rings. The highest BCUT2D eigenvalue weighted by Gasteiger charge is 2.19. The fourth-order valence-corrected chi connectivity index (χ4v) is 2.34. The van der Waals surface area contributed by atoms with Gasteiger partial charge in [-0.2, -0.15) is 5.10 Å². The predicted octanol–water partition coefficient (Wildman–Crippen LogP) is 3.38. The highest BCUT2D eigenvalue weighted by molar-refractivity contribution is 6.31. The Labute approximate surface area is 115 Å². The molecule has 98 valence electrons. The zero-order valence-corrected chi connectivity index (χ0v) is 11.1. The zero-order valence-electron chi connectivity index (χ0n) is 10.4. The van der Waals surface area contributed by atoms with Crippen molar-refractivity contribution >= 4 is 22.6 Å². The summed E-state index contributed by atoms with van der Waals surface area (Å²) >= 11 is 5.94. The Hall–Kier alpha value is -1.78. The second-order valence-electron chi connectivity index (χ2n) is 4.31. The summed E-state index contributed by atoms with van der Waals surface area (Å²) in [7, 11) is 0. The van der Waals surface area contributed by atoms with Gasteiger partial charge < -0.3 is 9.52 Å². The average molecular weight is 277 g/mol. The van der Waals surface area contributed by atoms with Gasteiger partial charge in [0.05, 0.1) is 5.69 Å². The summed E-state index contributed by atoms with van der Waals surface area (Å²) in [4.78, 5) is 0. The number of aromatic nitrogens is 2. The largest absolute Gasteiger partial charge is 0.458 e. The number of rotatable bonds is 3. The first-order valence-electron chi connectivity index (χ1n) is 6.08. The number of nitrogens with zero attached hydrogens (tertiary/aromatic N) is 2. The van der Waals surface area contributed by atoms with Gasteiger partial charge in [0.15, 0.2) is 6.10 Å². The second-order valence-corrected chi connectivity index (χ2v) is 4.74. The molecule has 0 aliphatic heterocycles. The molecule has 0 radical (unpaired) electrons. The summed E-state index contributed by atoms with van der Waals surface area (Å²) in [5, 5.41) is 16.0. The molecule has 1 N–H and O–H groups in total. The highest BCUT2D eigenvalue weighted by atomic mass is 35.5. The van der Waals surface area contributed by atoms with E-state index in [-0.39, 0.29) is 0 Å². The Morgan fingerprint density at radius 2 is 2.21 bits per heavy atom. The van der Waals surface area contributed by atoms with Crippen LogP contribution in [-0.2, 0) is 6.54 Å². The molecule has 19 heavy (non-hydrogen) atoms. The molecule has 0 bridgehead atoms. The van der Waals surface area contributed by atoms with Crippen LogP contribution < -0.4 is 0 Å². The summed E-state index contributed by atoms with van der Waals surface area (Å²) in [5.74, 6) is 0.493. The molecule has 5 heteroatoms. The molecule has 0 saturated carbocycles. The van der Waals surface area contributed by atoms with Gasteiger partial charge in [0.1, 0.15) is 11.3 Å². The Morgan fingerprint density at radius 1 is 1.37 bits per heavy atom. The molecule has 0 aliphatic rings. The van der Waals surface area contributed by atoms with Crippen molar-refractivity contribution in [2.75, 3.05) is 0 Å². The number of aliphatic hydroxyl groups is 1. The Morgan fingerprint density at radius 3 is 3.00 bits per heavy atom. The van der Waals surface area contributed by atoms with Gasteiger partial charge in [0.25, 0.3) is 0 Å². The van der Waals surface area contributed by atoms with Gasteiger partial charge in [-0.3, -0.25) is 4.68 Å². The van der Waals surface area contributed by atoms with Gasteiger partial charge in [-0.25, -0.2) is 0 Å². The molecule has 0 aliphatic carbocycles. The van der Waals surface area contributed by atoms with Crippen molar-refractivity contribution < 1.29 is 9.52 Å². The predicted molar refractivity (Wildman–Crippen MR) is 73.2 cm³/mol. The van der Waals surface area contributed by atoms with Crippen LogP contribution in [0.5, 0.6) is 0 Å². The lowest BCUT2D eigenvalue weighted by Gasteiger charge is -2.09. The fourth-order valence-electron chi connectivity index (χ4n) is 2.15. The van der Waals surface area contributed by atoms with Crippen molar-refractivity contribution in [3.8, 4) is 0 Å². The third kappa shape index (κ3) is 2.13. The van der Waals surface area contributed by atoms with Crippen LogP contribution >= 0.6 is 11.6 Å². The standard InChI is InChI=1S/C14H13ClN2O2/c1-2-17-11(5-6-16-17)14(18)13-8-9-7-10(15)3-4-12(9)19-13/h3-8,14,18H,2H2,1H3. The van der Waals surface area contributed by atoms with Gasteiger partial charge in [0.2, 0.25) is 0 Å². The Bertz CT molecular complexity index is 717. The van der Waals surface area contributed by atoms with Gasteiger partial charge in [-0.15, -0.1) is 0 Å². The first-order chi connectivity index (χ1) is 9.19. The van der Waals surface area contributed by atoms with E-state index in [4.69, 9.17) is 16.0 Å². The van der Waals surface area contributed by atoms with Crippen LogP contribution in [0.25, 0.3) is 11.0 Å². The molecule has 1 atom stereocenters. The molecule has 3 rings (SSSR count). The first-order valence-corrected chi connectivity index (χ1v) is 6.45. The van der Waals surface area contributed by atoms with Gasteiger partial charge in [-0.05, 0) is 37.3 Å². The smallest absolute Gasteiger partial charge is 0.153 e. The van der Waals surface area contributed by atoms with Gasteiger partial charge in [0, 0.05) is 23.2 Å². The van der Waals surface area contributed by atoms with E-state index < -0.39 is 6.10 Å². The van der Waals surface area contributed by atoms with E-state index in [2.05, 4.69) is 5.10 Å². The number of benzene rings is 1. The monoisotopic (exact) mass is 276 g/mol. The third-order valence-electron chi connectivity index (χ3n) is 3.10. The number of hydrogen-bond donors (Lipinski definition) is 1. The van der Waals surface area contributed by atoms with Crippen LogP contribution in [0.15, 0.2) is 40.9 Å². The molecule has 2 aromatic heterocycles. The maximum atomic E-state index is 10.4. The molecule has 0 amide bonds. The quantitative estimate of drug-likeness (QED) is 0.798. The lowest BCUT2D eigenvalue weighted by atomic mass is 10.2. The second kappa shape index (κ2) is 4.72. The molecule has 2 heterocycles. The molecular formula is C14H13ClN2O2. The molecule has 1 unspecified atom stereocenters. The molecule has 0 saturated heterocycles. The number of furan rings is 1. The molecule has 0 fully saturated rings. The number of aliphatic hydroxyl groups excluding tert-OH is 1. The number of halogens is 1. The summed E-state index contributed by atoms with van der Waals surface area (Å²) in [5.41, 5.74) is 1.42. The normalized spacial score (nSPS) is 13.0. The molecule has 0 spiro atoms. The lowest BCUT2D eigenvalue weighted by Crippen LogP contribution is -2.08. The topological polar surface area (TPSA) is 51.2 Å². The van der Waals surface area contributed by atoms with Crippen LogP contribution in [-0.4, -0.2) is 14.9 Å². The van der Waals surface area contributed by atoms with E-state index in [1.165, 1.54) is 0 Å². The van der Waals surface area contributed by atoms with Crippen LogP contribution in [0.2, 0.25) is 5.02 Å². The molecule has 4 nitrogen and oxygen atoms in total. The lowest BCUT2D eigenvalue weighted by molar-refractivity contribution is 0.181. The molecular weight excluding hydrogens is 264 g/mol. The van der Waals surface area contributed by atoms with Crippen LogP contribution in [0.4, 0.5) is 0 Å². The SMILES string of the molecule is CCn1nccc1C(O)c1cc2cc(Cl)ccc2o1. The van der Waals surface area contributed by atoms with Gasteiger partial charge in [-0.1, -0.05) is 11.6 Å². The van der Waals surface area contributed by atoms with Crippen molar-refractivity contribution in [1.82, 2.24) is 9.78 Å². The first kappa shape index (κ1) is 12.3. The summed E-state index contributed by atoms with van der Waals surface area (Å²) < 4.78 is 7.40. The maximum absolute atomic E-state index is 10.4. The summed E-state index contributed by atoms with van der Waals surface area (Å²) in [6.07, 6.45) is 0.843. The Kier molecular flexibility index (Phi) is 3.05. The van der Waals surface area contributed by atoms with Crippen LogP contribution in [0.1, 0.15) is 24.5 Å². The minimum absolute atomic E-state index is 0.493. The maximum Gasteiger partial charge on any atom is 0.153 e. The summed E-state index contributed by atoms with van der Waals surface area (Å²) in [6.45, 7) is 2.67. The van der Waals surface area contributed by atoms with E-state index in [0.717, 1.165) is 5.39 Å². The summed E-state index contributed by atoms with van der Waals surface area (Å²) in [6, 6.07) is 8.96. The van der Waals surface area contributed by atoms with Crippen LogP contribution in [0, 0.1) is 0 Å². The number of fused-ring (bicyclic) bond motifs is 1. The van der Waals surface area contributed by atoms with E-state index in [0.29, 0.717) is 28.6 Å². The van der Waals surface area contributed by atoms with E-state index in [1.807, 2.05) is 13.0 Å². The zero-order chi connectivity index (χ0) is 13.4. The number of hydrogen-bond acceptors (Lipinski definition) is 3. The van der Waals surface area contributed by atoms with E-state index in [1.54, 1.807) is 35.1 Å². The van der Waals surface area contributed by atoms with Gasteiger partial charge >= 0.3 is 0 Å². The third-order valence-corrected chi connectivity index (χ3v) is 3.33.